The molecule has 1 aromatic carbocycles. The van der Waals surface area contributed by atoms with Crippen LogP contribution >= 0.6 is 0 Å². The van der Waals surface area contributed by atoms with E-state index in [4.69, 9.17) is 5.11 Å². The van der Waals surface area contributed by atoms with Crippen LogP contribution in [0.25, 0.3) is 11.0 Å². The van der Waals surface area contributed by atoms with E-state index < -0.39 is 5.97 Å². The largest absolute Gasteiger partial charge is 0.481 e. The molecule has 0 saturated heterocycles. The molecule has 1 fully saturated rings. The van der Waals surface area contributed by atoms with Crippen LogP contribution in [0.15, 0.2) is 18.2 Å². The molecule has 0 aliphatic heterocycles. The minimum absolute atomic E-state index is 0.155. The molecular formula is C12H13N3O2. The highest BCUT2D eigenvalue weighted by Crippen LogP contribution is 2.51. The van der Waals surface area contributed by atoms with E-state index in [0.29, 0.717) is 0 Å². The van der Waals surface area contributed by atoms with Gasteiger partial charge >= 0.3 is 5.97 Å². The second-order valence-corrected chi connectivity index (χ2v) is 4.77. The molecule has 0 atom stereocenters. The molecule has 0 amide bonds. The molecule has 1 aromatic heterocycles. The van der Waals surface area contributed by atoms with E-state index in [9.17, 15) is 4.79 Å². The van der Waals surface area contributed by atoms with Gasteiger partial charge in [-0.05, 0) is 30.5 Å². The molecule has 1 aliphatic carbocycles. The minimum atomic E-state index is -0.734. The number of hydrogen-bond donors (Lipinski definition) is 1. The standard InChI is InChI=1S/C12H13N3O2/c1-15-10-3-2-8(6-9(10)13-14-15)12(4-5-12)7-11(16)17/h2-3,6H,4-5,7H2,1H3,(H,16,17). The van der Waals surface area contributed by atoms with E-state index in [1.54, 1.807) is 4.68 Å². The number of hydrogen-bond acceptors (Lipinski definition) is 3. The second-order valence-electron chi connectivity index (χ2n) is 4.77. The number of nitrogens with zero attached hydrogens (tertiary/aromatic N) is 3. The summed E-state index contributed by atoms with van der Waals surface area (Å²) in [6, 6.07) is 5.94. The first kappa shape index (κ1) is 10.3. The smallest absolute Gasteiger partial charge is 0.304 e. The van der Waals surface area contributed by atoms with E-state index in [0.717, 1.165) is 29.4 Å². The zero-order valence-electron chi connectivity index (χ0n) is 9.55. The Bertz CT molecular complexity index is 599. The first-order valence-corrected chi connectivity index (χ1v) is 5.62. The second kappa shape index (κ2) is 3.29. The van der Waals surface area contributed by atoms with E-state index in [2.05, 4.69) is 10.3 Å². The van der Waals surface area contributed by atoms with E-state index >= 15 is 0 Å². The lowest BCUT2D eigenvalue weighted by molar-refractivity contribution is -0.137. The Morgan fingerprint density at radius 2 is 2.29 bits per heavy atom. The van der Waals surface area contributed by atoms with Crippen molar-refractivity contribution in [3.05, 3.63) is 23.8 Å². The maximum absolute atomic E-state index is 10.9. The summed E-state index contributed by atoms with van der Waals surface area (Å²) in [6.07, 6.45) is 2.11. The number of carboxylic acid groups (broad SMARTS) is 1. The maximum atomic E-state index is 10.9. The van der Waals surface area contributed by atoms with Crippen molar-refractivity contribution in [2.75, 3.05) is 0 Å². The number of benzene rings is 1. The average Bonchev–Trinajstić information content (AvgIpc) is 2.96. The van der Waals surface area contributed by atoms with E-state index in [1.165, 1.54) is 0 Å². The molecule has 0 bridgehead atoms. The summed E-state index contributed by atoms with van der Waals surface area (Å²) in [5.74, 6) is -0.734. The highest BCUT2D eigenvalue weighted by molar-refractivity contribution is 5.76. The van der Waals surface area contributed by atoms with Crippen LogP contribution in [0.4, 0.5) is 0 Å². The Morgan fingerprint density at radius 1 is 1.53 bits per heavy atom. The van der Waals surface area contributed by atoms with Crippen LogP contribution in [-0.2, 0) is 17.3 Å². The van der Waals surface area contributed by atoms with Crippen molar-refractivity contribution in [3.63, 3.8) is 0 Å². The van der Waals surface area contributed by atoms with Crippen LogP contribution in [0.3, 0.4) is 0 Å². The summed E-state index contributed by atoms with van der Waals surface area (Å²) in [6.45, 7) is 0. The lowest BCUT2D eigenvalue weighted by Gasteiger charge is -2.12. The Hall–Kier alpha value is -1.91. The zero-order chi connectivity index (χ0) is 12.0. The summed E-state index contributed by atoms with van der Waals surface area (Å²) >= 11 is 0. The predicted octanol–water partition coefficient (Wildman–Crippen LogP) is 1.47. The normalized spacial score (nSPS) is 17.2. The molecule has 1 heterocycles. The van der Waals surface area contributed by atoms with Gasteiger partial charge in [-0.25, -0.2) is 4.68 Å². The third-order valence-corrected chi connectivity index (χ3v) is 3.57. The SMILES string of the molecule is Cn1nnc2cc(C3(CC(=O)O)CC3)ccc21. The molecule has 0 unspecified atom stereocenters. The predicted molar refractivity (Wildman–Crippen MR) is 61.7 cm³/mol. The number of fused-ring (bicyclic) bond motifs is 1. The lowest BCUT2D eigenvalue weighted by Crippen LogP contribution is -2.12. The van der Waals surface area contributed by atoms with Gasteiger partial charge in [0, 0.05) is 12.5 Å². The highest BCUT2D eigenvalue weighted by Gasteiger charge is 2.46. The van der Waals surface area contributed by atoms with Gasteiger partial charge in [0.05, 0.1) is 11.9 Å². The first-order valence-electron chi connectivity index (χ1n) is 5.62. The van der Waals surface area contributed by atoms with Gasteiger partial charge in [-0.3, -0.25) is 4.79 Å². The Labute approximate surface area is 98.0 Å². The van der Waals surface area contributed by atoms with Crippen molar-refractivity contribution in [3.8, 4) is 0 Å². The fourth-order valence-electron chi connectivity index (χ4n) is 2.38. The molecule has 17 heavy (non-hydrogen) atoms. The molecule has 5 nitrogen and oxygen atoms in total. The van der Waals surface area contributed by atoms with Crippen molar-refractivity contribution >= 4 is 17.0 Å². The van der Waals surface area contributed by atoms with Crippen LogP contribution < -0.4 is 0 Å². The van der Waals surface area contributed by atoms with E-state index in [-0.39, 0.29) is 11.8 Å². The fourth-order valence-corrected chi connectivity index (χ4v) is 2.38. The molecule has 88 valence electrons. The van der Waals surface area contributed by atoms with Gasteiger partial charge in [-0.1, -0.05) is 11.3 Å². The number of aromatic nitrogens is 3. The van der Waals surface area contributed by atoms with Gasteiger partial charge in [0.25, 0.3) is 0 Å². The number of carbonyl (C=O) groups is 1. The van der Waals surface area contributed by atoms with E-state index in [1.807, 2.05) is 25.2 Å². The Kier molecular flexibility index (Phi) is 1.98. The van der Waals surface area contributed by atoms with Gasteiger partial charge < -0.3 is 5.11 Å². The van der Waals surface area contributed by atoms with Gasteiger partial charge in [-0.15, -0.1) is 5.10 Å². The quantitative estimate of drug-likeness (QED) is 0.868. The highest BCUT2D eigenvalue weighted by atomic mass is 16.4. The van der Waals surface area contributed by atoms with Gasteiger partial charge in [0.2, 0.25) is 0 Å². The van der Waals surface area contributed by atoms with Crippen LogP contribution in [0, 0.1) is 0 Å². The topological polar surface area (TPSA) is 68.0 Å². The number of rotatable bonds is 3. The third kappa shape index (κ3) is 1.58. The Morgan fingerprint density at radius 3 is 2.94 bits per heavy atom. The van der Waals surface area contributed by atoms with Crippen molar-refractivity contribution in [2.24, 2.45) is 7.05 Å². The van der Waals surface area contributed by atoms with Crippen molar-refractivity contribution < 1.29 is 9.90 Å². The van der Waals surface area contributed by atoms with Crippen LogP contribution in [-0.4, -0.2) is 26.1 Å². The summed E-state index contributed by atoms with van der Waals surface area (Å²) in [7, 11) is 1.85. The maximum Gasteiger partial charge on any atom is 0.304 e. The zero-order valence-corrected chi connectivity index (χ0v) is 9.55. The van der Waals surface area contributed by atoms with Gasteiger partial charge in [0.1, 0.15) is 5.52 Å². The van der Waals surface area contributed by atoms with Crippen molar-refractivity contribution in [1.29, 1.82) is 0 Å². The van der Waals surface area contributed by atoms with Crippen molar-refractivity contribution in [2.45, 2.75) is 24.7 Å². The van der Waals surface area contributed by atoms with Crippen LogP contribution in [0.1, 0.15) is 24.8 Å². The minimum Gasteiger partial charge on any atom is -0.481 e. The summed E-state index contributed by atoms with van der Waals surface area (Å²) in [5, 5.41) is 17.0. The number of aliphatic carboxylic acids is 1. The van der Waals surface area contributed by atoms with Gasteiger partial charge in [0.15, 0.2) is 0 Å². The van der Waals surface area contributed by atoms with Crippen molar-refractivity contribution in [1.82, 2.24) is 15.0 Å². The molecule has 1 aliphatic rings. The third-order valence-electron chi connectivity index (χ3n) is 3.57. The van der Waals surface area contributed by atoms with Crippen LogP contribution in [0.2, 0.25) is 0 Å². The molecule has 0 spiro atoms. The average molecular weight is 231 g/mol. The molecule has 3 rings (SSSR count). The molecule has 1 N–H and O–H groups in total. The molecule has 1 saturated carbocycles. The lowest BCUT2D eigenvalue weighted by atomic mass is 9.92. The first-order chi connectivity index (χ1) is 8.11. The molecule has 0 radical (unpaired) electrons. The monoisotopic (exact) mass is 231 g/mol. The molecule has 5 heteroatoms. The summed E-state index contributed by atoms with van der Waals surface area (Å²) in [4.78, 5) is 10.9. The number of aryl methyl sites for hydroxylation is 1. The summed E-state index contributed by atoms with van der Waals surface area (Å²) < 4.78 is 1.72. The Balaban J connectivity index is 2.03. The number of carboxylic acids is 1. The molecule has 2 aromatic rings. The molecular weight excluding hydrogens is 218 g/mol. The fraction of sp³-hybridized carbons (Fsp3) is 0.417. The van der Waals surface area contributed by atoms with Gasteiger partial charge in [-0.2, -0.15) is 0 Å². The van der Waals surface area contributed by atoms with Crippen LogP contribution in [0.5, 0.6) is 0 Å². The summed E-state index contributed by atoms with van der Waals surface area (Å²) in [5.41, 5.74) is 2.73.